The zero-order valence-corrected chi connectivity index (χ0v) is 18.6. The number of rotatable bonds is 6. The number of ether oxygens (including phenoxy) is 1. The van der Waals surface area contributed by atoms with Crippen molar-refractivity contribution in [1.82, 2.24) is 25.7 Å². The van der Waals surface area contributed by atoms with Crippen LogP contribution in [-0.4, -0.2) is 41.3 Å². The van der Waals surface area contributed by atoms with Crippen LogP contribution in [0.1, 0.15) is 21.6 Å². The number of carbonyl (C=O) groups is 3. The number of nitrogens with zero attached hydrogens (tertiary/aromatic N) is 2. The van der Waals surface area contributed by atoms with E-state index in [-0.39, 0.29) is 23.4 Å². The van der Waals surface area contributed by atoms with Gasteiger partial charge in [0, 0.05) is 18.8 Å². The van der Waals surface area contributed by atoms with E-state index in [0.717, 1.165) is 12.1 Å². The second kappa shape index (κ2) is 8.78. The Morgan fingerprint density at radius 2 is 1.86 bits per heavy atom. The molecule has 1 aliphatic rings. The van der Waals surface area contributed by atoms with Crippen LogP contribution in [0, 0.1) is 0 Å². The van der Waals surface area contributed by atoms with Crippen molar-refractivity contribution in [2.75, 3.05) is 13.7 Å². The van der Waals surface area contributed by atoms with Crippen LogP contribution in [0.4, 0.5) is 18.0 Å². The third-order valence-corrected chi connectivity index (χ3v) is 5.71. The van der Waals surface area contributed by atoms with Crippen molar-refractivity contribution in [3.05, 3.63) is 71.5 Å². The quantitative estimate of drug-likeness (QED) is 0.463. The van der Waals surface area contributed by atoms with Crippen molar-refractivity contribution in [2.45, 2.75) is 11.7 Å². The number of carbonyl (C=O) groups excluding carboxylic acids is 3. The van der Waals surface area contributed by atoms with Gasteiger partial charge in [0.05, 0.1) is 30.5 Å². The summed E-state index contributed by atoms with van der Waals surface area (Å²) in [5, 5.41) is 11.4. The van der Waals surface area contributed by atoms with Crippen LogP contribution in [0.3, 0.4) is 0 Å². The number of alkyl halides is 3. The summed E-state index contributed by atoms with van der Waals surface area (Å²) < 4.78 is 45.8. The van der Waals surface area contributed by atoms with Gasteiger partial charge in [-0.3, -0.25) is 19.6 Å². The van der Waals surface area contributed by atoms with Gasteiger partial charge in [0.15, 0.2) is 5.54 Å². The fourth-order valence-electron chi connectivity index (χ4n) is 4.00. The van der Waals surface area contributed by atoms with Gasteiger partial charge < -0.3 is 15.4 Å². The lowest BCUT2D eigenvalue weighted by Gasteiger charge is -2.26. The smallest absolute Gasteiger partial charge is 0.416 e. The maximum Gasteiger partial charge on any atom is 0.416 e. The van der Waals surface area contributed by atoms with E-state index in [1.54, 1.807) is 19.2 Å². The van der Waals surface area contributed by atoms with Gasteiger partial charge in [-0.2, -0.15) is 18.3 Å². The third kappa shape index (κ3) is 4.29. The molecule has 3 N–H and O–H groups in total. The molecule has 1 aromatic heterocycles. The lowest BCUT2D eigenvalue weighted by atomic mass is 9.94. The van der Waals surface area contributed by atoms with E-state index in [2.05, 4.69) is 21.0 Å². The number of methoxy groups -OCH3 is 1. The standard InChI is InChI=1S/C23H20F3N5O4/c1-31-17(10-11-28-31)22(20(33)29-21(34)30-22)12-27-19(32)15-4-3-5-16(35-2)18(15)13-6-8-14(9-7-13)23(24,25)26/h3-11H,12H2,1-2H3,(H,27,32)(H2,29,30,33,34)/t22-/m0/s1. The Bertz CT molecular complexity index is 1300. The Morgan fingerprint density at radius 3 is 2.40 bits per heavy atom. The lowest BCUT2D eigenvalue weighted by Crippen LogP contribution is -2.53. The molecule has 3 aromatic rings. The molecular weight excluding hydrogens is 467 g/mol. The van der Waals surface area contributed by atoms with Gasteiger partial charge in [0.2, 0.25) is 0 Å². The monoisotopic (exact) mass is 487 g/mol. The van der Waals surface area contributed by atoms with Crippen molar-refractivity contribution < 1.29 is 32.3 Å². The van der Waals surface area contributed by atoms with Crippen LogP contribution in [0.5, 0.6) is 5.75 Å². The predicted molar refractivity (Wildman–Crippen MR) is 117 cm³/mol. The number of aryl methyl sites for hydroxylation is 1. The highest BCUT2D eigenvalue weighted by molar-refractivity contribution is 6.08. The molecule has 0 aliphatic carbocycles. The average Bonchev–Trinajstić information content (AvgIpc) is 3.38. The van der Waals surface area contributed by atoms with Crippen LogP contribution in [0.25, 0.3) is 11.1 Å². The first-order chi connectivity index (χ1) is 16.6. The minimum Gasteiger partial charge on any atom is -0.496 e. The van der Waals surface area contributed by atoms with Gasteiger partial charge in [-0.15, -0.1) is 0 Å². The number of imide groups is 1. The van der Waals surface area contributed by atoms with Crippen LogP contribution < -0.4 is 20.7 Å². The highest BCUT2D eigenvalue weighted by Gasteiger charge is 2.50. The van der Waals surface area contributed by atoms with Crippen molar-refractivity contribution >= 4 is 17.8 Å². The number of hydrogen-bond donors (Lipinski definition) is 3. The number of nitrogens with one attached hydrogen (secondary N) is 3. The maximum absolute atomic E-state index is 13.3. The summed E-state index contributed by atoms with van der Waals surface area (Å²) >= 11 is 0. The summed E-state index contributed by atoms with van der Waals surface area (Å²) in [6.45, 7) is -0.313. The van der Waals surface area contributed by atoms with Crippen LogP contribution >= 0.6 is 0 Å². The fraction of sp³-hybridized carbons (Fsp3) is 0.217. The highest BCUT2D eigenvalue weighted by atomic mass is 19.4. The third-order valence-electron chi connectivity index (χ3n) is 5.71. The Kier molecular flexibility index (Phi) is 5.97. The molecule has 35 heavy (non-hydrogen) atoms. The number of hydrogen-bond acceptors (Lipinski definition) is 5. The van der Waals surface area contributed by atoms with Gasteiger partial charge in [0.25, 0.3) is 11.8 Å². The summed E-state index contributed by atoms with van der Waals surface area (Å²) in [7, 11) is 2.96. The van der Waals surface area contributed by atoms with Crippen LogP contribution in [-0.2, 0) is 23.6 Å². The lowest BCUT2D eigenvalue weighted by molar-refractivity contribution is -0.137. The molecule has 182 valence electrons. The molecule has 0 unspecified atom stereocenters. The molecule has 9 nitrogen and oxygen atoms in total. The second-order valence-electron chi connectivity index (χ2n) is 7.79. The molecule has 4 rings (SSSR count). The molecule has 1 fully saturated rings. The first-order valence-electron chi connectivity index (χ1n) is 10.3. The topological polar surface area (TPSA) is 114 Å². The molecule has 2 aromatic carbocycles. The van der Waals surface area contributed by atoms with Crippen molar-refractivity contribution in [1.29, 1.82) is 0 Å². The Labute approximate surface area is 197 Å². The number of urea groups is 1. The fourth-order valence-corrected chi connectivity index (χ4v) is 4.00. The van der Waals surface area contributed by atoms with Gasteiger partial charge in [-0.25, -0.2) is 4.79 Å². The van der Waals surface area contributed by atoms with Gasteiger partial charge in [-0.1, -0.05) is 18.2 Å². The summed E-state index contributed by atoms with van der Waals surface area (Å²) in [5.74, 6) is -1.03. The number of aromatic nitrogens is 2. The van der Waals surface area contributed by atoms with E-state index >= 15 is 0 Å². The van der Waals surface area contributed by atoms with Crippen molar-refractivity contribution in [3.63, 3.8) is 0 Å². The van der Waals surface area contributed by atoms with Gasteiger partial charge in [-0.05, 0) is 35.9 Å². The molecule has 1 atom stereocenters. The Morgan fingerprint density at radius 1 is 1.14 bits per heavy atom. The van der Waals surface area contributed by atoms with E-state index in [0.29, 0.717) is 11.3 Å². The molecule has 4 amide bonds. The minimum absolute atomic E-state index is 0.106. The average molecular weight is 487 g/mol. The van der Waals surface area contributed by atoms with Crippen LogP contribution in [0.15, 0.2) is 54.7 Å². The predicted octanol–water partition coefficient (Wildman–Crippen LogP) is 2.58. The molecule has 0 radical (unpaired) electrons. The second-order valence-corrected chi connectivity index (χ2v) is 7.79. The summed E-state index contributed by atoms with van der Waals surface area (Å²) in [5.41, 5.74) is -1.39. The van der Waals surface area contributed by atoms with E-state index < -0.39 is 35.1 Å². The molecule has 1 saturated heterocycles. The summed E-state index contributed by atoms with van der Waals surface area (Å²) in [6.07, 6.45) is -3.06. The van der Waals surface area contributed by atoms with E-state index in [9.17, 15) is 27.6 Å². The maximum atomic E-state index is 13.3. The number of amides is 4. The van der Waals surface area contributed by atoms with Gasteiger partial charge in [0.1, 0.15) is 5.75 Å². The SMILES string of the molecule is COc1cccc(C(=O)NC[C@@]2(c3ccnn3C)NC(=O)NC2=O)c1-c1ccc(C(F)(F)F)cc1. The minimum atomic E-state index is -4.51. The first-order valence-corrected chi connectivity index (χ1v) is 10.3. The Balaban J connectivity index is 1.68. The Hall–Kier alpha value is -4.35. The molecular formula is C23H20F3N5O4. The largest absolute Gasteiger partial charge is 0.496 e. The zero-order valence-electron chi connectivity index (χ0n) is 18.6. The van der Waals surface area contributed by atoms with Crippen LogP contribution in [0.2, 0.25) is 0 Å². The molecule has 0 spiro atoms. The molecule has 0 saturated carbocycles. The number of halogens is 3. The highest BCUT2D eigenvalue weighted by Crippen LogP contribution is 2.36. The van der Waals surface area contributed by atoms with E-state index in [1.807, 2.05) is 0 Å². The van der Waals surface area contributed by atoms with Gasteiger partial charge >= 0.3 is 12.2 Å². The summed E-state index contributed by atoms with van der Waals surface area (Å²) in [6, 6.07) is 9.76. The normalized spacial score (nSPS) is 17.6. The van der Waals surface area contributed by atoms with E-state index in [1.165, 1.54) is 42.3 Å². The van der Waals surface area contributed by atoms with E-state index in [4.69, 9.17) is 4.74 Å². The molecule has 2 heterocycles. The zero-order chi connectivity index (χ0) is 25.4. The molecule has 0 bridgehead atoms. The number of benzene rings is 2. The molecule has 1 aliphatic heterocycles. The summed E-state index contributed by atoms with van der Waals surface area (Å²) in [4.78, 5) is 37.9. The molecule has 12 heteroatoms. The first kappa shape index (κ1) is 23.8. The van der Waals surface area contributed by atoms with Crippen molar-refractivity contribution in [3.8, 4) is 16.9 Å². The van der Waals surface area contributed by atoms with Crippen molar-refractivity contribution in [2.24, 2.45) is 7.05 Å².